The predicted molar refractivity (Wildman–Crippen MR) is 64.9 cm³/mol. The van der Waals surface area contributed by atoms with E-state index in [1.807, 2.05) is 18.3 Å². The highest BCUT2D eigenvalue weighted by Crippen LogP contribution is 2.01. The first-order valence-corrected chi connectivity index (χ1v) is 6.00. The van der Waals surface area contributed by atoms with Crippen LogP contribution in [0, 0.1) is 0 Å². The second-order valence-corrected chi connectivity index (χ2v) is 3.92. The zero-order chi connectivity index (χ0) is 10.9. The fraction of sp³-hybridized carbons (Fsp3) is 0.615. The summed E-state index contributed by atoms with van der Waals surface area (Å²) in [6.07, 6.45) is 6.64. The summed E-state index contributed by atoms with van der Waals surface area (Å²) in [6, 6.07) is 6.77. The van der Waals surface area contributed by atoms with Crippen molar-refractivity contribution in [2.75, 3.05) is 6.54 Å². The maximum atomic E-state index is 4.31. The molecule has 1 heterocycles. The van der Waals surface area contributed by atoms with E-state index in [1.165, 1.54) is 25.0 Å². The molecule has 0 fully saturated rings. The molecule has 0 amide bonds. The lowest BCUT2D eigenvalue weighted by molar-refractivity contribution is 0.465. The highest BCUT2D eigenvalue weighted by Gasteiger charge is 2.03. The molecule has 1 rings (SSSR count). The summed E-state index contributed by atoms with van der Waals surface area (Å²) in [5.41, 5.74) is 1.18. The van der Waals surface area contributed by atoms with Crippen molar-refractivity contribution in [1.82, 2.24) is 10.3 Å². The van der Waals surface area contributed by atoms with E-state index in [-0.39, 0.29) is 0 Å². The second kappa shape index (κ2) is 7.41. The van der Waals surface area contributed by atoms with Gasteiger partial charge in [0, 0.05) is 30.9 Å². The van der Waals surface area contributed by atoms with Gasteiger partial charge in [-0.1, -0.05) is 26.3 Å². The molecule has 1 unspecified atom stereocenters. The molecule has 1 atom stereocenters. The summed E-state index contributed by atoms with van der Waals surface area (Å²) < 4.78 is 0. The summed E-state index contributed by atoms with van der Waals surface area (Å²) in [5, 5.41) is 3.58. The van der Waals surface area contributed by atoms with Crippen LogP contribution in [-0.4, -0.2) is 17.6 Å². The minimum atomic E-state index is 0.679. The normalized spacial score (nSPS) is 12.7. The first-order valence-electron chi connectivity index (χ1n) is 6.00. The largest absolute Gasteiger partial charge is 0.314 e. The van der Waals surface area contributed by atoms with E-state index in [1.54, 1.807) is 0 Å². The molecule has 0 aliphatic heterocycles. The van der Waals surface area contributed by atoms with E-state index in [4.69, 9.17) is 0 Å². The summed E-state index contributed by atoms with van der Waals surface area (Å²) in [6.45, 7) is 5.52. The van der Waals surface area contributed by atoms with Crippen LogP contribution in [0.4, 0.5) is 0 Å². The number of rotatable bonds is 7. The van der Waals surface area contributed by atoms with Crippen LogP contribution in [0.3, 0.4) is 0 Å². The van der Waals surface area contributed by atoms with Gasteiger partial charge in [0.05, 0.1) is 0 Å². The van der Waals surface area contributed by atoms with Crippen LogP contribution in [0.1, 0.15) is 38.8 Å². The Morgan fingerprint density at radius 2 is 2.20 bits per heavy atom. The molecule has 1 aromatic rings. The number of hydrogen-bond donors (Lipinski definition) is 1. The SMILES string of the molecule is CCCC(CC)NCCc1ccccn1. The second-order valence-electron chi connectivity index (χ2n) is 3.92. The van der Waals surface area contributed by atoms with Gasteiger partial charge in [-0.2, -0.15) is 0 Å². The topological polar surface area (TPSA) is 24.9 Å². The number of nitrogens with zero attached hydrogens (tertiary/aromatic N) is 1. The van der Waals surface area contributed by atoms with E-state index >= 15 is 0 Å². The lowest BCUT2D eigenvalue weighted by Crippen LogP contribution is -2.30. The van der Waals surface area contributed by atoms with Gasteiger partial charge in [-0.25, -0.2) is 0 Å². The third-order valence-electron chi connectivity index (χ3n) is 2.67. The van der Waals surface area contributed by atoms with Gasteiger partial charge < -0.3 is 5.32 Å². The quantitative estimate of drug-likeness (QED) is 0.742. The minimum Gasteiger partial charge on any atom is -0.314 e. The average Bonchev–Trinajstić information content (AvgIpc) is 2.29. The summed E-state index contributed by atoms with van der Waals surface area (Å²) in [5.74, 6) is 0. The van der Waals surface area contributed by atoms with E-state index in [0.29, 0.717) is 6.04 Å². The molecule has 0 aromatic carbocycles. The number of nitrogens with one attached hydrogen (secondary N) is 1. The minimum absolute atomic E-state index is 0.679. The van der Waals surface area contributed by atoms with Gasteiger partial charge in [0.2, 0.25) is 0 Å². The van der Waals surface area contributed by atoms with Crippen molar-refractivity contribution in [3.05, 3.63) is 30.1 Å². The number of aromatic nitrogens is 1. The van der Waals surface area contributed by atoms with Crippen LogP contribution in [0.5, 0.6) is 0 Å². The highest BCUT2D eigenvalue weighted by molar-refractivity contribution is 5.03. The van der Waals surface area contributed by atoms with Crippen LogP contribution in [0.2, 0.25) is 0 Å². The fourth-order valence-electron chi connectivity index (χ4n) is 1.75. The molecule has 2 heteroatoms. The summed E-state index contributed by atoms with van der Waals surface area (Å²) in [7, 11) is 0. The van der Waals surface area contributed by atoms with Crippen LogP contribution < -0.4 is 5.32 Å². The smallest absolute Gasteiger partial charge is 0.0416 e. The molecular weight excluding hydrogens is 184 g/mol. The van der Waals surface area contributed by atoms with Gasteiger partial charge in [0.1, 0.15) is 0 Å². The third-order valence-corrected chi connectivity index (χ3v) is 2.67. The maximum absolute atomic E-state index is 4.31. The van der Waals surface area contributed by atoms with Gasteiger partial charge in [0.25, 0.3) is 0 Å². The van der Waals surface area contributed by atoms with Crippen LogP contribution in [-0.2, 0) is 6.42 Å². The van der Waals surface area contributed by atoms with Crippen molar-refractivity contribution >= 4 is 0 Å². The van der Waals surface area contributed by atoms with Crippen LogP contribution in [0.15, 0.2) is 24.4 Å². The Morgan fingerprint density at radius 3 is 2.80 bits per heavy atom. The molecule has 0 radical (unpaired) electrons. The fourth-order valence-corrected chi connectivity index (χ4v) is 1.75. The summed E-state index contributed by atoms with van der Waals surface area (Å²) >= 11 is 0. The monoisotopic (exact) mass is 206 g/mol. The molecule has 1 aromatic heterocycles. The Morgan fingerprint density at radius 1 is 1.33 bits per heavy atom. The first kappa shape index (κ1) is 12.2. The Balaban J connectivity index is 2.20. The Labute approximate surface area is 93.1 Å². The van der Waals surface area contributed by atoms with Gasteiger partial charge >= 0.3 is 0 Å². The molecule has 0 saturated heterocycles. The molecule has 84 valence electrons. The highest BCUT2D eigenvalue weighted by atomic mass is 14.9. The van der Waals surface area contributed by atoms with Gasteiger partial charge in [-0.3, -0.25) is 4.98 Å². The van der Waals surface area contributed by atoms with Crippen molar-refractivity contribution in [2.24, 2.45) is 0 Å². The van der Waals surface area contributed by atoms with Crippen LogP contribution in [0.25, 0.3) is 0 Å². The predicted octanol–water partition coefficient (Wildman–Crippen LogP) is 2.79. The molecular formula is C13H22N2. The zero-order valence-electron chi connectivity index (χ0n) is 9.87. The third kappa shape index (κ3) is 4.93. The molecule has 0 spiro atoms. The molecule has 15 heavy (non-hydrogen) atoms. The molecule has 0 aliphatic rings. The lowest BCUT2D eigenvalue weighted by atomic mass is 10.1. The lowest BCUT2D eigenvalue weighted by Gasteiger charge is -2.15. The molecule has 0 aliphatic carbocycles. The van der Waals surface area contributed by atoms with Crippen molar-refractivity contribution in [2.45, 2.75) is 45.6 Å². The van der Waals surface area contributed by atoms with E-state index < -0.39 is 0 Å². The van der Waals surface area contributed by atoms with Crippen molar-refractivity contribution in [3.63, 3.8) is 0 Å². The van der Waals surface area contributed by atoms with Crippen molar-refractivity contribution in [1.29, 1.82) is 0 Å². The van der Waals surface area contributed by atoms with E-state index in [9.17, 15) is 0 Å². The first-order chi connectivity index (χ1) is 7.36. The van der Waals surface area contributed by atoms with Crippen LogP contribution >= 0.6 is 0 Å². The zero-order valence-corrected chi connectivity index (χ0v) is 9.87. The van der Waals surface area contributed by atoms with Gasteiger partial charge in [0.15, 0.2) is 0 Å². The molecule has 0 bridgehead atoms. The van der Waals surface area contributed by atoms with Crippen molar-refractivity contribution in [3.8, 4) is 0 Å². The maximum Gasteiger partial charge on any atom is 0.0416 e. The van der Waals surface area contributed by atoms with Crippen molar-refractivity contribution < 1.29 is 0 Å². The Bertz CT molecular complexity index is 246. The van der Waals surface area contributed by atoms with Gasteiger partial charge in [-0.05, 0) is 25.0 Å². The number of pyridine rings is 1. The molecule has 2 nitrogen and oxygen atoms in total. The standard InChI is InChI=1S/C13H22N2/c1-3-7-12(4-2)15-11-9-13-8-5-6-10-14-13/h5-6,8,10,12,15H,3-4,7,9,11H2,1-2H3. The number of hydrogen-bond acceptors (Lipinski definition) is 2. The van der Waals surface area contributed by atoms with Gasteiger partial charge in [-0.15, -0.1) is 0 Å². The Kier molecular flexibility index (Phi) is 6.02. The summed E-state index contributed by atoms with van der Waals surface area (Å²) in [4.78, 5) is 4.31. The van der Waals surface area contributed by atoms with E-state index in [2.05, 4.69) is 30.2 Å². The average molecular weight is 206 g/mol. The van der Waals surface area contributed by atoms with E-state index in [0.717, 1.165) is 13.0 Å². The Hall–Kier alpha value is -0.890. The molecule has 1 N–H and O–H groups in total. The molecule has 0 saturated carbocycles.